The van der Waals surface area contributed by atoms with Crippen molar-refractivity contribution in [2.75, 3.05) is 26.3 Å². The van der Waals surface area contributed by atoms with Gasteiger partial charge in [0.05, 0.1) is 18.8 Å². The van der Waals surface area contributed by atoms with Gasteiger partial charge in [-0.25, -0.2) is 9.98 Å². The van der Waals surface area contributed by atoms with E-state index in [1.807, 2.05) is 18.3 Å². The molecule has 0 bridgehead atoms. The van der Waals surface area contributed by atoms with E-state index in [0.717, 1.165) is 56.6 Å². The maximum absolute atomic E-state index is 5.82. The van der Waals surface area contributed by atoms with Gasteiger partial charge in [-0.2, -0.15) is 0 Å². The normalized spacial score (nSPS) is 22.6. The SMILES string of the molecule is CCNC(=NCc1ccc(OCC2CC2)nc1)NCC1(C)CCCO1.I. The van der Waals surface area contributed by atoms with E-state index < -0.39 is 0 Å². The first-order chi connectivity index (χ1) is 12.2. The summed E-state index contributed by atoms with van der Waals surface area (Å²) in [6.07, 6.45) is 6.64. The summed E-state index contributed by atoms with van der Waals surface area (Å²) in [6, 6.07) is 3.96. The van der Waals surface area contributed by atoms with Crippen LogP contribution in [0, 0.1) is 5.92 Å². The Labute approximate surface area is 173 Å². The minimum Gasteiger partial charge on any atom is -0.477 e. The highest BCUT2D eigenvalue weighted by Gasteiger charge is 2.29. The second kappa shape index (κ2) is 10.3. The van der Waals surface area contributed by atoms with E-state index in [-0.39, 0.29) is 29.6 Å². The predicted octanol–water partition coefficient (Wildman–Crippen LogP) is 3.11. The monoisotopic (exact) mass is 474 g/mol. The molecule has 3 rings (SSSR count). The zero-order valence-corrected chi connectivity index (χ0v) is 18.1. The first kappa shape index (κ1) is 21.2. The van der Waals surface area contributed by atoms with Gasteiger partial charge in [0.25, 0.3) is 0 Å². The maximum atomic E-state index is 5.82. The minimum atomic E-state index is -0.0850. The fraction of sp³-hybridized carbons (Fsp3) is 0.684. The van der Waals surface area contributed by atoms with Gasteiger partial charge >= 0.3 is 0 Å². The number of rotatable bonds is 8. The molecule has 2 fully saturated rings. The van der Waals surface area contributed by atoms with Crippen LogP contribution in [0.3, 0.4) is 0 Å². The van der Waals surface area contributed by atoms with Crippen LogP contribution in [0.4, 0.5) is 0 Å². The standard InChI is InChI=1S/C19H30N4O2.HI/c1-3-20-18(23-14-19(2)9-4-10-25-19)22-12-16-7-8-17(21-11-16)24-13-15-5-6-15;/h7-8,11,15H,3-6,9-10,12-14H2,1-2H3,(H2,20,22,23);1H. The highest BCUT2D eigenvalue weighted by atomic mass is 127. The largest absolute Gasteiger partial charge is 0.477 e. The van der Waals surface area contributed by atoms with Crippen molar-refractivity contribution in [2.24, 2.45) is 10.9 Å². The lowest BCUT2D eigenvalue weighted by molar-refractivity contribution is 0.0243. The quantitative estimate of drug-likeness (QED) is 0.345. The number of aromatic nitrogens is 1. The van der Waals surface area contributed by atoms with Gasteiger partial charge in [-0.05, 0) is 51.0 Å². The van der Waals surface area contributed by atoms with Crippen LogP contribution in [0.1, 0.15) is 45.1 Å². The Morgan fingerprint density at radius 2 is 2.23 bits per heavy atom. The molecule has 0 amide bonds. The summed E-state index contributed by atoms with van der Waals surface area (Å²) in [5, 5.41) is 6.68. The fourth-order valence-corrected chi connectivity index (χ4v) is 2.84. The number of nitrogens with one attached hydrogen (secondary N) is 2. The van der Waals surface area contributed by atoms with Crippen LogP contribution < -0.4 is 15.4 Å². The van der Waals surface area contributed by atoms with Crippen molar-refractivity contribution >= 4 is 29.9 Å². The zero-order chi connectivity index (χ0) is 17.5. The van der Waals surface area contributed by atoms with E-state index in [1.54, 1.807) is 0 Å². The average Bonchev–Trinajstić information content (AvgIpc) is 3.36. The molecule has 1 saturated carbocycles. The van der Waals surface area contributed by atoms with E-state index in [1.165, 1.54) is 12.8 Å². The number of nitrogens with zero attached hydrogens (tertiary/aromatic N) is 2. The Hall–Kier alpha value is -1.09. The number of ether oxygens (including phenoxy) is 2. The highest BCUT2D eigenvalue weighted by Crippen LogP contribution is 2.29. The van der Waals surface area contributed by atoms with Gasteiger partial charge in [0.2, 0.25) is 5.88 Å². The van der Waals surface area contributed by atoms with Gasteiger partial charge in [-0.1, -0.05) is 6.07 Å². The van der Waals surface area contributed by atoms with Crippen molar-refractivity contribution in [1.29, 1.82) is 0 Å². The van der Waals surface area contributed by atoms with Gasteiger partial charge < -0.3 is 20.1 Å². The van der Waals surface area contributed by atoms with Gasteiger partial charge in [-0.15, -0.1) is 24.0 Å². The molecule has 2 aliphatic rings. The zero-order valence-electron chi connectivity index (χ0n) is 15.8. The Kier molecular flexibility index (Phi) is 8.40. The van der Waals surface area contributed by atoms with Gasteiger partial charge in [0.15, 0.2) is 5.96 Å². The average molecular weight is 474 g/mol. The first-order valence-electron chi connectivity index (χ1n) is 9.41. The van der Waals surface area contributed by atoms with Crippen LogP contribution >= 0.6 is 24.0 Å². The molecular formula is C19H31IN4O2. The predicted molar refractivity (Wildman–Crippen MR) is 114 cm³/mol. The molecular weight excluding hydrogens is 443 g/mol. The molecule has 146 valence electrons. The van der Waals surface area contributed by atoms with E-state index in [2.05, 4.69) is 34.5 Å². The highest BCUT2D eigenvalue weighted by molar-refractivity contribution is 14.0. The Morgan fingerprint density at radius 1 is 1.38 bits per heavy atom. The number of pyridine rings is 1. The molecule has 0 radical (unpaired) electrons. The molecule has 1 aromatic rings. The van der Waals surface area contributed by atoms with E-state index in [9.17, 15) is 0 Å². The lowest BCUT2D eigenvalue weighted by Crippen LogP contribution is -2.45. The van der Waals surface area contributed by atoms with E-state index in [0.29, 0.717) is 12.4 Å². The van der Waals surface area contributed by atoms with Crippen LogP contribution in [0.25, 0.3) is 0 Å². The Morgan fingerprint density at radius 3 is 2.85 bits per heavy atom. The smallest absolute Gasteiger partial charge is 0.213 e. The summed E-state index contributed by atoms with van der Waals surface area (Å²) in [5.41, 5.74) is 0.984. The topological polar surface area (TPSA) is 67.8 Å². The van der Waals surface area contributed by atoms with E-state index >= 15 is 0 Å². The third-order valence-electron chi connectivity index (χ3n) is 4.66. The van der Waals surface area contributed by atoms with Crippen LogP contribution in [0.5, 0.6) is 5.88 Å². The van der Waals surface area contributed by atoms with Crippen molar-refractivity contribution in [1.82, 2.24) is 15.6 Å². The Bertz CT molecular complexity index is 569. The number of aliphatic imine (C=N–C) groups is 1. The molecule has 1 unspecified atom stereocenters. The number of hydrogen-bond acceptors (Lipinski definition) is 4. The van der Waals surface area contributed by atoms with Gasteiger partial charge in [0.1, 0.15) is 0 Å². The molecule has 26 heavy (non-hydrogen) atoms. The lowest BCUT2D eigenvalue weighted by atomic mass is 10.0. The second-order valence-electron chi connectivity index (χ2n) is 7.21. The van der Waals surface area contributed by atoms with Crippen molar-refractivity contribution in [3.8, 4) is 5.88 Å². The molecule has 1 aliphatic heterocycles. The summed E-state index contributed by atoms with van der Waals surface area (Å²) in [7, 11) is 0. The van der Waals surface area contributed by atoms with Crippen molar-refractivity contribution in [2.45, 2.75) is 51.7 Å². The molecule has 2 heterocycles. The fourth-order valence-electron chi connectivity index (χ4n) is 2.84. The number of hydrogen-bond donors (Lipinski definition) is 2. The summed E-state index contributed by atoms with van der Waals surface area (Å²) >= 11 is 0. The molecule has 1 aliphatic carbocycles. The first-order valence-corrected chi connectivity index (χ1v) is 9.41. The van der Waals surface area contributed by atoms with Crippen LogP contribution in [0.2, 0.25) is 0 Å². The van der Waals surface area contributed by atoms with Crippen LogP contribution in [0.15, 0.2) is 23.3 Å². The summed E-state index contributed by atoms with van der Waals surface area (Å²) in [6.45, 7) is 8.05. The molecule has 1 saturated heterocycles. The van der Waals surface area contributed by atoms with Gasteiger partial charge in [-0.3, -0.25) is 0 Å². The number of guanidine groups is 1. The molecule has 0 spiro atoms. The molecule has 7 heteroatoms. The van der Waals surface area contributed by atoms with Crippen LogP contribution in [-0.2, 0) is 11.3 Å². The summed E-state index contributed by atoms with van der Waals surface area (Å²) < 4.78 is 11.5. The summed E-state index contributed by atoms with van der Waals surface area (Å²) in [4.78, 5) is 9.02. The van der Waals surface area contributed by atoms with Crippen molar-refractivity contribution < 1.29 is 9.47 Å². The summed E-state index contributed by atoms with van der Waals surface area (Å²) in [5.74, 6) is 2.26. The minimum absolute atomic E-state index is 0. The molecule has 2 N–H and O–H groups in total. The van der Waals surface area contributed by atoms with Crippen molar-refractivity contribution in [3.63, 3.8) is 0 Å². The third kappa shape index (κ3) is 6.90. The van der Waals surface area contributed by atoms with Crippen molar-refractivity contribution in [3.05, 3.63) is 23.9 Å². The molecule has 1 atom stereocenters. The van der Waals surface area contributed by atoms with E-state index in [4.69, 9.17) is 9.47 Å². The second-order valence-corrected chi connectivity index (χ2v) is 7.21. The third-order valence-corrected chi connectivity index (χ3v) is 4.66. The molecule has 1 aromatic heterocycles. The lowest BCUT2D eigenvalue weighted by Gasteiger charge is -2.24. The number of halogens is 1. The van der Waals surface area contributed by atoms with Crippen LogP contribution in [-0.4, -0.2) is 42.8 Å². The van der Waals surface area contributed by atoms with Gasteiger partial charge in [0, 0.05) is 32.0 Å². The maximum Gasteiger partial charge on any atom is 0.213 e. The molecule has 6 nitrogen and oxygen atoms in total. The Balaban J connectivity index is 0.00000243. The molecule has 0 aromatic carbocycles.